The summed E-state index contributed by atoms with van der Waals surface area (Å²) in [4.78, 5) is 21.9. The Morgan fingerprint density at radius 3 is 1.96 bits per heavy atom. The van der Waals surface area contributed by atoms with E-state index in [0.29, 0.717) is 0 Å². The summed E-state index contributed by atoms with van der Waals surface area (Å²) in [6.45, 7) is -0.396. The maximum atomic E-state index is 13.1. The highest BCUT2D eigenvalue weighted by atomic mass is 32.2. The summed E-state index contributed by atoms with van der Waals surface area (Å²) in [5.74, 6) is -7.10. The van der Waals surface area contributed by atoms with Gasteiger partial charge in [0.25, 0.3) is 0 Å². The van der Waals surface area contributed by atoms with Crippen LogP contribution in [0.25, 0.3) is 0 Å². The molecule has 0 aliphatic heterocycles. The third-order valence-electron chi connectivity index (χ3n) is 2.59. The van der Waals surface area contributed by atoms with Gasteiger partial charge in [0.15, 0.2) is 0 Å². The van der Waals surface area contributed by atoms with E-state index in [1.54, 1.807) is 5.32 Å². The second kappa shape index (κ2) is 8.73. The normalized spacial score (nSPS) is 13.0. The first-order valence-corrected chi connectivity index (χ1v) is 7.94. The molecule has 0 atom stereocenters. The van der Waals surface area contributed by atoms with Crippen LogP contribution in [0.5, 0.6) is 0 Å². The van der Waals surface area contributed by atoms with Gasteiger partial charge in [-0.3, -0.25) is 4.55 Å². The van der Waals surface area contributed by atoms with Gasteiger partial charge in [-0.15, -0.1) is 0 Å². The van der Waals surface area contributed by atoms with Crippen LogP contribution in [-0.4, -0.2) is 62.1 Å². The Balaban J connectivity index is 4.26. The van der Waals surface area contributed by atoms with E-state index in [1.807, 2.05) is 0 Å². The van der Waals surface area contributed by atoms with Crippen molar-refractivity contribution in [3.8, 4) is 0 Å². The number of alkyl carbamates (subject to hydrolysis) is 1. The van der Waals surface area contributed by atoms with Crippen molar-refractivity contribution in [3.05, 3.63) is 12.2 Å². The molecule has 0 saturated heterocycles. The van der Waals surface area contributed by atoms with E-state index in [1.165, 1.54) is 0 Å². The van der Waals surface area contributed by atoms with Crippen molar-refractivity contribution >= 4 is 22.2 Å². The fourth-order valence-electron chi connectivity index (χ4n) is 1.16. The molecule has 158 valence electrons. The maximum absolute atomic E-state index is 13.1. The molecular weight excluding hydrogens is 423 g/mol. The van der Waals surface area contributed by atoms with E-state index in [9.17, 15) is 48.7 Å². The monoisotopic (exact) mass is 435 g/mol. The molecule has 0 aromatic rings. The molecule has 0 unspecified atom stereocenters. The average molecular weight is 435 g/mol. The Morgan fingerprint density at radius 2 is 1.52 bits per heavy atom. The molecule has 0 bridgehead atoms. The van der Waals surface area contributed by atoms with E-state index in [4.69, 9.17) is 4.55 Å². The second-order valence-corrected chi connectivity index (χ2v) is 6.08. The van der Waals surface area contributed by atoms with Gasteiger partial charge < -0.3 is 14.8 Å². The number of carbonyl (C=O) groups excluding carboxylic acids is 2. The van der Waals surface area contributed by atoms with E-state index in [-0.39, 0.29) is 0 Å². The highest BCUT2D eigenvalue weighted by Crippen LogP contribution is 2.40. The van der Waals surface area contributed by atoms with Crippen LogP contribution < -0.4 is 5.32 Å². The van der Waals surface area contributed by atoms with E-state index in [2.05, 4.69) is 16.1 Å². The van der Waals surface area contributed by atoms with Crippen molar-refractivity contribution < 1.29 is 62.8 Å². The number of esters is 1. The largest absolute Gasteiger partial charge is 0.460 e. The predicted octanol–water partition coefficient (Wildman–Crippen LogP) is 1.88. The minimum atomic E-state index is -6.43. The Bertz CT molecular complexity index is 675. The zero-order valence-electron chi connectivity index (χ0n) is 13.0. The molecular formula is C11H12F7NO7S. The summed E-state index contributed by atoms with van der Waals surface area (Å²) in [6.07, 6.45) is -8.52. The van der Waals surface area contributed by atoms with E-state index >= 15 is 0 Å². The second-order valence-electron chi connectivity index (χ2n) is 4.62. The molecule has 0 saturated carbocycles. The molecule has 0 aliphatic rings. The van der Waals surface area contributed by atoms with Crippen LogP contribution in [0, 0.1) is 0 Å². The highest BCUT2D eigenvalue weighted by molar-refractivity contribution is 7.87. The molecule has 1 amide bonds. The zero-order valence-corrected chi connectivity index (χ0v) is 13.8. The molecule has 0 spiro atoms. The number of halogens is 7. The van der Waals surface area contributed by atoms with Gasteiger partial charge in [-0.05, 0) is 0 Å². The molecule has 0 aromatic heterocycles. The van der Waals surface area contributed by atoms with Crippen LogP contribution in [0.3, 0.4) is 0 Å². The predicted molar refractivity (Wildman–Crippen MR) is 71.6 cm³/mol. The molecule has 27 heavy (non-hydrogen) atoms. The lowest BCUT2D eigenvalue weighted by Gasteiger charge is -2.23. The standard InChI is InChI=1S/C11H12F7NO7S/c1-6(10(14,15)16)7(20)25-5-3-19-8(21)26-4-2-9(12,13)11(17,18)27(22,23)24/h1-5H2,(H,19,21)(H,22,23,24). The lowest BCUT2D eigenvalue weighted by molar-refractivity contribution is -0.168. The fourth-order valence-corrected chi connectivity index (χ4v) is 1.64. The highest BCUT2D eigenvalue weighted by Gasteiger charge is 2.65. The minimum Gasteiger partial charge on any atom is -0.460 e. The van der Waals surface area contributed by atoms with Crippen LogP contribution in [0.1, 0.15) is 6.42 Å². The van der Waals surface area contributed by atoms with Crippen molar-refractivity contribution in [1.82, 2.24) is 5.32 Å². The molecule has 0 radical (unpaired) electrons. The zero-order chi connectivity index (χ0) is 21.7. The summed E-state index contributed by atoms with van der Waals surface area (Å²) >= 11 is 0. The number of rotatable bonds is 9. The quantitative estimate of drug-likeness (QED) is 0.187. The van der Waals surface area contributed by atoms with Crippen LogP contribution in [-0.2, 0) is 24.4 Å². The van der Waals surface area contributed by atoms with Gasteiger partial charge in [-0.25, -0.2) is 9.59 Å². The van der Waals surface area contributed by atoms with E-state index in [0.717, 1.165) is 0 Å². The molecule has 0 fully saturated rings. The Kier molecular flexibility index (Phi) is 8.05. The van der Waals surface area contributed by atoms with Crippen LogP contribution in [0.15, 0.2) is 12.2 Å². The summed E-state index contributed by atoms with van der Waals surface area (Å²) in [5, 5.41) is -4.10. The number of carbonyl (C=O) groups is 2. The Labute approximate surface area is 147 Å². The van der Waals surface area contributed by atoms with Gasteiger partial charge in [-0.1, -0.05) is 6.58 Å². The van der Waals surface area contributed by atoms with Crippen LogP contribution >= 0.6 is 0 Å². The van der Waals surface area contributed by atoms with Crippen molar-refractivity contribution in [1.29, 1.82) is 0 Å². The number of ether oxygens (including phenoxy) is 2. The number of nitrogens with one attached hydrogen (secondary N) is 1. The number of hydrogen-bond acceptors (Lipinski definition) is 6. The minimum absolute atomic E-state index is 0.632. The SMILES string of the molecule is C=C(C(=O)OCCNC(=O)OCCC(F)(F)C(F)(F)S(=O)(=O)O)C(F)(F)F. The maximum Gasteiger partial charge on any atom is 0.431 e. The Hall–Kier alpha value is -2.10. The summed E-state index contributed by atoms with van der Waals surface area (Å²) in [5.41, 5.74) is -1.81. The smallest absolute Gasteiger partial charge is 0.431 e. The molecule has 16 heteroatoms. The number of alkyl halides is 7. The van der Waals surface area contributed by atoms with Crippen molar-refractivity contribution in [2.45, 2.75) is 23.8 Å². The molecule has 0 heterocycles. The van der Waals surface area contributed by atoms with Gasteiger partial charge in [0, 0.05) is 0 Å². The molecule has 0 rings (SSSR count). The third-order valence-corrected chi connectivity index (χ3v) is 3.54. The first kappa shape index (κ1) is 24.9. The average Bonchev–Trinajstić information content (AvgIpc) is 2.48. The van der Waals surface area contributed by atoms with Crippen molar-refractivity contribution in [3.63, 3.8) is 0 Å². The first-order valence-electron chi connectivity index (χ1n) is 6.50. The van der Waals surface area contributed by atoms with Crippen molar-refractivity contribution in [2.24, 2.45) is 0 Å². The lowest BCUT2D eigenvalue weighted by Crippen LogP contribution is -2.47. The third kappa shape index (κ3) is 7.20. The lowest BCUT2D eigenvalue weighted by atomic mass is 10.2. The molecule has 0 aromatic carbocycles. The Morgan fingerprint density at radius 1 is 1.00 bits per heavy atom. The molecule has 0 aliphatic carbocycles. The topological polar surface area (TPSA) is 119 Å². The number of amides is 1. The summed E-state index contributed by atoms with van der Waals surface area (Å²) in [7, 11) is -6.43. The van der Waals surface area contributed by atoms with Gasteiger partial charge in [0.1, 0.15) is 12.2 Å². The molecule has 8 nitrogen and oxygen atoms in total. The van der Waals surface area contributed by atoms with Gasteiger partial charge in [0.2, 0.25) is 0 Å². The van der Waals surface area contributed by atoms with Gasteiger partial charge in [-0.2, -0.15) is 39.2 Å². The van der Waals surface area contributed by atoms with Gasteiger partial charge in [0.05, 0.1) is 19.6 Å². The first-order chi connectivity index (χ1) is 11.9. The number of hydrogen-bond donors (Lipinski definition) is 2. The van der Waals surface area contributed by atoms with Crippen LogP contribution in [0.4, 0.5) is 35.5 Å². The molecule has 2 N–H and O–H groups in total. The fraction of sp³-hybridized carbons (Fsp3) is 0.636. The van der Waals surface area contributed by atoms with E-state index < -0.39 is 71.3 Å². The summed E-state index contributed by atoms with van der Waals surface area (Å²) < 4.78 is 125. The van der Waals surface area contributed by atoms with Gasteiger partial charge >= 0.3 is 39.5 Å². The van der Waals surface area contributed by atoms with Crippen LogP contribution in [0.2, 0.25) is 0 Å². The summed E-state index contributed by atoms with van der Waals surface area (Å²) in [6, 6.07) is 0. The van der Waals surface area contributed by atoms with Crippen molar-refractivity contribution in [2.75, 3.05) is 19.8 Å².